The Hall–Kier alpha value is -1.02. The SMILES string of the molecule is CN=C(NCCNC(=O)c1ccc(Cl)cc1)NC(C)C(C)C.I. The number of aliphatic imine (C=N–C) groups is 1. The maximum atomic E-state index is 11.9. The van der Waals surface area contributed by atoms with Gasteiger partial charge >= 0.3 is 0 Å². The van der Waals surface area contributed by atoms with Gasteiger partial charge < -0.3 is 16.0 Å². The van der Waals surface area contributed by atoms with Crippen molar-refractivity contribution >= 4 is 47.4 Å². The van der Waals surface area contributed by atoms with Gasteiger partial charge in [-0.05, 0) is 37.1 Å². The fourth-order valence-electron chi connectivity index (χ4n) is 1.64. The third-order valence-corrected chi connectivity index (χ3v) is 3.65. The lowest BCUT2D eigenvalue weighted by Crippen LogP contribution is -2.46. The van der Waals surface area contributed by atoms with E-state index in [-0.39, 0.29) is 29.9 Å². The summed E-state index contributed by atoms with van der Waals surface area (Å²) in [5.74, 6) is 1.14. The molecule has 5 nitrogen and oxygen atoms in total. The fraction of sp³-hybridized carbons (Fsp3) is 0.500. The maximum absolute atomic E-state index is 11.9. The summed E-state index contributed by atoms with van der Waals surface area (Å²) in [5, 5.41) is 9.94. The Kier molecular flexibility index (Phi) is 11.0. The zero-order chi connectivity index (χ0) is 16.5. The van der Waals surface area contributed by atoms with Crippen molar-refractivity contribution in [1.82, 2.24) is 16.0 Å². The van der Waals surface area contributed by atoms with Gasteiger partial charge in [0.05, 0.1) is 0 Å². The van der Waals surface area contributed by atoms with Gasteiger partial charge in [0.25, 0.3) is 5.91 Å². The Labute approximate surface area is 160 Å². The molecule has 23 heavy (non-hydrogen) atoms. The van der Waals surface area contributed by atoms with Crippen LogP contribution >= 0.6 is 35.6 Å². The van der Waals surface area contributed by atoms with Crippen LogP contribution in [0.1, 0.15) is 31.1 Å². The Bertz CT molecular complexity index is 505. The van der Waals surface area contributed by atoms with Gasteiger partial charge in [-0.25, -0.2) is 0 Å². The molecule has 0 aliphatic carbocycles. The van der Waals surface area contributed by atoms with E-state index >= 15 is 0 Å². The molecule has 0 saturated carbocycles. The van der Waals surface area contributed by atoms with Crippen LogP contribution in [0, 0.1) is 5.92 Å². The minimum absolute atomic E-state index is 0. The lowest BCUT2D eigenvalue weighted by molar-refractivity contribution is 0.0954. The average molecular weight is 453 g/mol. The van der Waals surface area contributed by atoms with E-state index in [9.17, 15) is 4.79 Å². The van der Waals surface area contributed by atoms with Gasteiger partial charge in [-0.3, -0.25) is 9.79 Å². The van der Waals surface area contributed by atoms with Crippen LogP contribution in [0.3, 0.4) is 0 Å². The number of benzene rings is 1. The van der Waals surface area contributed by atoms with Crippen molar-refractivity contribution in [2.75, 3.05) is 20.1 Å². The van der Waals surface area contributed by atoms with E-state index in [1.165, 1.54) is 0 Å². The summed E-state index contributed by atoms with van der Waals surface area (Å²) in [6, 6.07) is 7.14. The third-order valence-electron chi connectivity index (χ3n) is 3.40. The van der Waals surface area contributed by atoms with Crippen LogP contribution in [0.15, 0.2) is 29.3 Å². The van der Waals surface area contributed by atoms with Crippen molar-refractivity contribution in [3.63, 3.8) is 0 Å². The van der Waals surface area contributed by atoms with Crippen LogP contribution in [0.2, 0.25) is 5.02 Å². The number of nitrogens with zero attached hydrogens (tertiary/aromatic N) is 1. The molecule has 130 valence electrons. The third kappa shape index (κ3) is 8.41. The van der Waals surface area contributed by atoms with E-state index in [1.807, 2.05) is 0 Å². The number of guanidine groups is 1. The summed E-state index contributed by atoms with van der Waals surface area (Å²) in [6.45, 7) is 7.52. The monoisotopic (exact) mass is 452 g/mol. The Morgan fingerprint density at radius 2 is 1.70 bits per heavy atom. The molecule has 0 radical (unpaired) electrons. The van der Waals surface area contributed by atoms with Crippen LogP contribution in [0.5, 0.6) is 0 Å². The quantitative estimate of drug-likeness (QED) is 0.269. The second kappa shape index (κ2) is 11.5. The fourth-order valence-corrected chi connectivity index (χ4v) is 1.76. The zero-order valence-electron chi connectivity index (χ0n) is 14.0. The molecule has 1 aromatic carbocycles. The first-order chi connectivity index (χ1) is 10.4. The average Bonchev–Trinajstić information content (AvgIpc) is 2.50. The number of nitrogens with one attached hydrogen (secondary N) is 3. The number of rotatable bonds is 6. The molecular formula is C16H26ClIN4O. The molecule has 1 amide bonds. The maximum Gasteiger partial charge on any atom is 0.251 e. The van der Waals surface area contributed by atoms with Crippen LogP contribution in [-0.2, 0) is 0 Å². The smallest absolute Gasteiger partial charge is 0.251 e. The Morgan fingerprint density at radius 1 is 1.13 bits per heavy atom. The molecule has 0 spiro atoms. The molecule has 7 heteroatoms. The molecule has 1 atom stereocenters. The van der Waals surface area contributed by atoms with E-state index < -0.39 is 0 Å². The molecule has 1 aromatic rings. The molecule has 1 rings (SSSR count). The summed E-state index contributed by atoms with van der Waals surface area (Å²) in [5.41, 5.74) is 0.598. The molecule has 0 heterocycles. The number of carbonyl (C=O) groups is 1. The largest absolute Gasteiger partial charge is 0.355 e. The predicted molar refractivity (Wildman–Crippen MR) is 108 cm³/mol. The highest BCUT2D eigenvalue weighted by molar-refractivity contribution is 14.0. The summed E-state index contributed by atoms with van der Waals surface area (Å²) >= 11 is 5.80. The normalized spacial score (nSPS) is 12.3. The first kappa shape index (κ1) is 22.0. The van der Waals surface area contributed by atoms with Crippen LogP contribution in [-0.4, -0.2) is 38.0 Å². The summed E-state index contributed by atoms with van der Waals surface area (Å²) in [6.07, 6.45) is 0. The molecule has 0 aliphatic rings. The standard InChI is InChI=1S/C16H25ClN4O.HI/c1-11(2)12(3)21-16(18-4)20-10-9-19-15(22)13-5-7-14(17)8-6-13;/h5-8,11-12H,9-10H2,1-4H3,(H,19,22)(H2,18,20,21);1H. The highest BCUT2D eigenvalue weighted by atomic mass is 127. The van der Waals surface area contributed by atoms with Gasteiger partial charge in [-0.2, -0.15) is 0 Å². The highest BCUT2D eigenvalue weighted by Crippen LogP contribution is 2.09. The van der Waals surface area contributed by atoms with E-state index in [0.717, 1.165) is 5.96 Å². The zero-order valence-corrected chi connectivity index (χ0v) is 17.1. The molecule has 1 unspecified atom stereocenters. The summed E-state index contributed by atoms with van der Waals surface area (Å²) < 4.78 is 0. The van der Waals surface area contributed by atoms with Crippen LogP contribution < -0.4 is 16.0 Å². The van der Waals surface area contributed by atoms with E-state index in [2.05, 4.69) is 41.7 Å². The molecule has 0 aromatic heterocycles. The molecular weight excluding hydrogens is 427 g/mol. The molecule has 0 bridgehead atoms. The van der Waals surface area contributed by atoms with Gasteiger partial charge in [-0.1, -0.05) is 25.4 Å². The van der Waals surface area contributed by atoms with Crippen molar-refractivity contribution in [2.24, 2.45) is 10.9 Å². The number of hydrogen-bond donors (Lipinski definition) is 3. The van der Waals surface area contributed by atoms with Gasteiger partial charge in [0.2, 0.25) is 0 Å². The minimum Gasteiger partial charge on any atom is -0.355 e. The second-order valence-electron chi connectivity index (χ2n) is 5.44. The van der Waals surface area contributed by atoms with Crippen LogP contribution in [0.4, 0.5) is 0 Å². The first-order valence-corrected chi connectivity index (χ1v) is 7.82. The Morgan fingerprint density at radius 3 is 2.22 bits per heavy atom. The molecule has 0 fully saturated rings. The predicted octanol–water partition coefficient (Wildman–Crippen LogP) is 2.90. The number of hydrogen-bond acceptors (Lipinski definition) is 2. The van der Waals surface area contributed by atoms with Crippen molar-refractivity contribution in [2.45, 2.75) is 26.8 Å². The van der Waals surface area contributed by atoms with Crippen molar-refractivity contribution in [1.29, 1.82) is 0 Å². The highest BCUT2D eigenvalue weighted by Gasteiger charge is 2.09. The van der Waals surface area contributed by atoms with Gasteiger partial charge in [0, 0.05) is 36.8 Å². The molecule has 3 N–H and O–H groups in total. The van der Waals surface area contributed by atoms with Crippen LogP contribution in [0.25, 0.3) is 0 Å². The van der Waals surface area contributed by atoms with Gasteiger partial charge in [0.15, 0.2) is 5.96 Å². The van der Waals surface area contributed by atoms with E-state index in [1.54, 1.807) is 31.3 Å². The molecule has 0 aliphatic heterocycles. The van der Waals surface area contributed by atoms with Crippen molar-refractivity contribution in [3.05, 3.63) is 34.9 Å². The molecule has 0 saturated heterocycles. The second-order valence-corrected chi connectivity index (χ2v) is 5.88. The summed E-state index contributed by atoms with van der Waals surface area (Å²) in [7, 11) is 1.73. The van der Waals surface area contributed by atoms with E-state index in [4.69, 9.17) is 11.6 Å². The summed E-state index contributed by atoms with van der Waals surface area (Å²) in [4.78, 5) is 16.1. The van der Waals surface area contributed by atoms with Gasteiger partial charge in [0.1, 0.15) is 0 Å². The Balaban J connectivity index is 0.00000484. The minimum atomic E-state index is -0.114. The van der Waals surface area contributed by atoms with Crippen molar-refractivity contribution < 1.29 is 4.79 Å². The topological polar surface area (TPSA) is 65.5 Å². The number of amides is 1. The number of carbonyl (C=O) groups excluding carboxylic acids is 1. The van der Waals surface area contributed by atoms with E-state index in [0.29, 0.717) is 35.6 Å². The first-order valence-electron chi connectivity index (χ1n) is 7.45. The lowest BCUT2D eigenvalue weighted by Gasteiger charge is -2.20. The van der Waals surface area contributed by atoms with Gasteiger partial charge in [-0.15, -0.1) is 24.0 Å². The number of halogens is 2. The lowest BCUT2D eigenvalue weighted by atomic mass is 10.1. The van der Waals surface area contributed by atoms with Crippen molar-refractivity contribution in [3.8, 4) is 0 Å².